The van der Waals surface area contributed by atoms with Gasteiger partial charge in [0, 0.05) is 6.54 Å². The second-order valence-electron chi connectivity index (χ2n) is 2.87. The van der Waals surface area contributed by atoms with Crippen molar-refractivity contribution in [3.63, 3.8) is 0 Å². The minimum Gasteiger partial charge on any atom is -0.328 e. The average molecular weight is 168 g/mol. The van der Waals surface area contributed by atoms with Gasteiger partial charge in [-0.15, -0.1) is 12.4 Å². The molecule has 0 aromatic heterocycles. The van der Waals surface area contributed by atoms with Crippen molar-refractivity contribution in [2.45, 2.75) is 31.9 Å². The predicted octanol–water partition coefficient (Wildman–Crippen LogP) is 1.90. The van der Waals surface area contributed by atoms with Crippen molar-refractivity contribution in [3.8, 4) is 0 Å². The van der Waals surface area contributed by atoms with Gasteiger partial charge < -0.3 is 5.73 Å². The molecule has 0 saturated heterocycles. The molecule has 1 unspecified atom stereocenters. The third kappa shape index (κ3) is 2.84. The van der Waals surface area contributed by atoms with E-state index in [9.17, 15) is 4.39 Å². The molecule has 3 heteroatoms. The first-order valence-electron chi connectivity index (χ1n) is 3.67. The van der Waals surface area contributed by atoms with Crippen LogP contribution >= 0.6 is 12.4 Å². The number of alkyl halides is 1. The van der Waals surface area contributed by atoms with Crippen molar-refractivity contribution < 1.29 is 4.39 Å². The molecule has 0 aromatic carbocycles. The standard InChI is InChI=1S/C7H14FN.ClH/c8-7(5-9)4-6-2-1-3-6;/h6-7H,1-5,9H2;1H. The second-order valence-corrected chi connectivity index (χ2v) is 2.87. The van der Waals surface area contributed by atoms with E-state index in [0.717, 1.165) is 0 Å². The fourth-order valence-electron chi connectivity index (χ4n) is 1.19. The Hall–Kier alpha value is 0.180. The lowest BCUT2D eigenvalue weighted by Gasteiger charge is -2.26. The molecule has 1 saturated carbocycles. The van der Waals surface area contributed by atoms with E-state index in [1.165, 1.54) is 19.3 Å². The van der Waals surface area contributed by atoms with Crippen LogP contribution in [0.1, 0.15) is 25.7 Å². The highest BCUT2D eigenvalue weighted by atomic mass is 35.5. The van der Waals surface area contributed by atoms with Crippen LogP contribution in [-0.2, 0) is 0 Å². The molecule has 0 spiro atoms. The van der Waals surface area contributed by atoms with E-state index in [1.807, 2.05) is 0 Å². The van der Waals surface area contributed by atoms with Crippen molar-refractivity contribution in [2.75, 3.05) is 6.54 Å². The quantitative estimate of drug-likeness (QED) is 0.683. The minimum absolute atomic E-state index is 0. The van der Waals surface area contributed by atoms with Crippen molar-refractivity contribution in [2.24, 2.45) is 11.7 Å². The van der Waals surface area contributed by atoms with Gasteiger partial charge in [-0.1, -0.05) is 19.3 Å². The van der Waals surface area contributed by atoms with E-state index in [2.05, 4.69) is 0 Å². The van der Waals surface area contributed by atoms with E-state index in [1.54, 1.807) is 0 Å². The van der Waals surface area contributed by atoms with Crippen LogP contribution in [-0.4, -0.2) is 12.7 Å². The van der Waals surface area contributed by atoms with Crippen LogP contribution in [0.5, 0.6) is 0 Å². The van der Waals surface area contributed by atoms with Crippen molar-refractivity contribution in [3.05, 3.63) is 0 Å². The third-order valence-electron chi connectivity index (χ3n) is 2.07. The minimum atomic E-state index is -0.740. The van der Waals surface area contributed by atoms with Crippen LogP contribution in [0.2, 0.25) is 0 Å². The predicted molar refractivity (Wildman–Crippen MR) is 43.2 cm³/mol. The lowest BCUT2D eigenvalue weighted by molar-refractivity contribution is 0.209. The zero-order chi connectivity index (χ0) is 6.69. The Labute approximate surface area is 67.6 Å². The highest BCUT2D eigenvalue weighted by molar-refractivity contribution is 5.85. The van der Waals surface area contributed by atoms with Gasteiger partial charge in [-0.25, -0.2) is 4.39 Å². The van der Waals surface area contributed by atoms with Crippen LogP contribution < -0.4 is 5.73 Å². The first-order valence-corrected chi connectivity index (χ1v) is 3.67. The molecule has 0 aliphatic heterocycles. The van der Waals surface area contributed by atoms with E-state index < -0.39 is 6.17 Å². The maximum absolute atomic E-state index is 12.5. The first-order chi connectivity index (χ1) is 4.33. The van der Waals surface area contributed by atoms with Gasteiger partial charge in [-0.3, -0.25) is 0 Å². The summed E-state index contributed by atoms with van der Waals surface area (Å²) in [6.45, 7) is 0.205. The van der Waals surface area contributed by atoms with Gasteiger partial charge in [0.2, 0.25) is 0 Å². The highest BCUT2D eigenvalue weighted by Crippen LogP contribution is 2.30. The number of nitrogens with two attached hydrogens (primary N) is 1. The second kappa shape index (κ2) is 4.91. The molecule has 1 fully saturated rings. The Morgan fingerprint density at radius 2 is 2.10 bits per heavy atom. The maximum Gasteiger partial charge on any atom is 0.113 e. The normalized spacial score (nSPS) is 21.0. The Bertz CT molecular complexity index is 82.9. The number of halogens is 2. The van der Waals surface area contributed by atoms with Crippen LogP contribution in [0.15, 0.2) is 0 Å². The molecule has 0 amide bonds. The van der Waals surface area contributed by atoms with Crippen LogP contribution in [0, 0.1) is 5.92 Å². The lowest BCUT2D eigenvalue weighted by atomic mass is 9.82. The summed E-state index contributed by atoms with van der Waals surface area (Å²) in [5, 5.41) is 0. The zero-order valence-electron chi connectivity index (χ0n) is 6.05. The summed E-state index contributed by atoms with van der Waals surface area (Å²) < 4.78 is 12.5. The summed E-state index contributed by atoms with van der Waals surface area (Å²) in [5.41, 5.74) is 5.12. The number of rotatable bonds is 3. The summed E-state index contributed by atoms with van der Waals surface area (Å²) in [6.07, 6.45) is 3.70. The zero-order valence-corrected chi connectivity index (χ0v) is 6.87. The molecule has 2 N–H and O–H groups in total. The van der Waals surface area contributed by atoms with E-state index in [-0.39, 0.29) is 19.0 Å². The van der Waals surface area contributed by atoms with Crippen LogP contribution in [0.3, 0.4) is 0 Å². The molecular weight excluding hydrogens is 153 g/mol. The molecule has 1 atom stereocenters. The van der Waals surface area contributed by atoms with Gasteiger partial charge in [-0.2, -0.15) is 0 Å². The first kappa shape index (κ1) is 10.2. The summed E-state index contributed by atoms with van der Waals surface area (Å²) in [4.78, 5) is 0. The average Bonchev–Trinajstić information content (AvgIpc) is 1.78. The summed E-state index contributed by atoms with van der Waals surface area (Å²) in [5.74, 6) is 0.656. The van der Waals surface area contributed by atoms with Gasteiger partial charge in [0.15, 0.2) is 0 Å². The maximum atomic E-state index is 12.5. The molecule has 0 radical (unpaired) electrons. The van der Waals surface area contributed by atoms with Gasteiger partial charge in [0.25, 0.3) is 0 Å². The largest absolute Gasteiger partial charge is 0.328 e. The van der Waals surface area contributed by atoms with Crippen molar-refractivity contribution in [1.29, 1.82) is 0 Å². The van der Waals surface area contributed by atoms with Gasteiger partial charge >= 0.3 is 0 Å². The van der Waals surface area contributed by atoms with Gasteiger partial charge in [-0.05, 0) is 12.3 Å². The molecule has 1 nitrogen and oxygen atoms in total. The SMILES string of the molecule is Cl.NCC(F)CC1CCC1. The number of hydrogen-bond donors (Lipinski definition) is 1. The van der Waals surface area contributed by atoms with Crippen molar-refractivity contribution in [1.82, 2.24) is 0 Å². The Morgan fingerprint density at radius 3 is 2.40 bits per heavy atom. The van der Waals surface area contributed by atoms with E-state index in [0.29, 0.717) is 12.3 Å². The number of hydrogen-bond acceptors (Lipinski definition) is 1. The Morgan fingerprint density at radius 1 is 1.50 bits per heavy atom. The summed E-state index contributed by atoms with van der Waals surface area (Å²) >= 11 is 0. The highest BCUT2D eigenvalue weighted by Gasteiger charge is 2.20. The van der Waals surface area contributed by atoms with Gasteiger partial charge in [0.05, 0.1) is 0 Å². The molecule has 0 heterocycles. The molecule has 0 aromatic rings. The third-order valence-corrected chi connectivity index (χ3v) is 2.07. The van der Waals surface area contributed by atoms with E-state index >= 15 is 0 Å². The molecule has 1 aliphatic carbocycles. The van der Waals surface area contributed by atoms with E-state index in [4.69, 9.17) is 5.73 Å². The lowest BCUT2D eigenvalue weighted by Crippen LogP contribution is -2.22. The van der Waals surface area contributed by atoms with Crippen LogP contribution in [0.4, 0.5) is 4.39 Å². The molecular formula is C7H15ClFN. The topological polar surface area (TPSA) is 26.0 Å². The summed E-state index contributed by atoms with van der Waals surface area (Å²) in [6, 6.07) is 0. The molecule has 62 valence electrons. The Balaban J connectivity index is 0.000000810. The fourth-order valence-corrected chi connectivity index (χ4v) is 1.19. The molecule has 1 rings (SSSR count). The van der Waals surface area contributed by atoms with Gasteiger partial charge in [0.1, 0.15) is 6.17 Å². The molecule has 0 bridgehead atoms. The Kier molecular flexibility index (Phi) is 5.00. The van der Waals surface area contributed by atoms with Crippen LogP contribution in [0.25, 0.3) is 0 Å². The fraction of sp³-hybridized carbons (Fsp3) is 1.00. The smallest absolute Gasteiger partial charge is 0.113 e. The molecule has 1 aliphatic rings. The monoisotopic (exact) mass is 167 g/mol. The molecule has 10 heavy (non-hydrogen) atoms. The summed E-state index contributed by atoms with van der Waals surface area (Å²) in [7, 11) is 0. The van der Waals surface area contributed by atoms with Crippen molar-refractivity contribution >= 4 is 12.4 Å².